The Hall–Kier alpha value is -2.97. The van der Waals surface area contributed by atoms with E-state index in [1.165, 1.54) is 0 Å². The molecule has 1 aliphatic rings. The van der Waals surface area contributed by atoms with Crippen LogP contribution in [0.5, 0.6) is 0 Å². The van der Waals surface area contributed by atoms with Crippen LogP contribution < -0.4 is 5.73 Å². The van der Waals surface area contributed by atoms with Gasteiger partial charge in [-0.2, -0.15) is 5.26 Å². The molecule has 2 aromatic carbocycles. The van der Waals surface area contributed by atoms with Gasteiger partial charge < -0.3 is 5.73 Å². The summed E-state index contributed by atoms with van der Waals surface area (Å²) >= 11 is 0. The maximum Gasteiger partial charge on any atom is 0.314 e. The Morgan fingerprint density at radius 2 is 1.88 bits per heavy atom. The monoisotopic (exact) mass is 460 g/mol. The van der Waals surface area contributed by atoms with Gasteiger partial charge in [0, 0.05) is 18.4 Å². The van der Waals surface area contributed by atoms with Gasteiger partial charge in [0.1, 0.15) is 6.54 Å². The molecule has 0 saturated carbocycles. The van der Waals surface area contributed by atoms with Crippen LogP contribution in [0.1, 0.15) is 69.1 Å². The molecule has 0 spiro atoms. The summed E-state index contributed by atoms with van der Waals surface area (Å²) in [6.45, 7) is 7.37. The molecular formula is C29H38N3O2+. The van der Waals surface area contributed by atoms with Crippen molar-refractivity contribution < 1.29 is 14.1 Å². The minimum absolute atomic E-state index is 0.0922. The van der Waals surface area contributed by atoms with E-state index in [2.05, 4.69) is 26.0 Å². The van der Waals surface area contributed by atoms with Crippen molar-refractivity contribution in [3.63, 3.8) is 0 Å². The molecule has 3 rings (SSSR count). The second-order valence-corrected chi connectivity index (χ2v) is 10.2. The van der Waals surface area contributed by atoms with Crippen molar-refractivity contribution in [1.82, 2.24) is 0 Å². The van der Waals surface area contributed by atoms with Gasteiger partial charge in [-0.25, -0.2) is 9.28 Å². The van der Waals surface area contributed by atoms with E-state index in [9.17, 15) is 14.9 Å². The van der Waals surface area contributed by atoms with Crippen molar-refractivity contribution in [1.29, 1.82) is 5.26 Å². The molecule has 2 amide bonds. The Morgan fingerprint density at radius 3 is 2.50 bits per heavy atom. The van der Waals surface area contributed by atoms with Crippen molar-refractivity contribution in [3.05, 3.63) is 71.3 Å². The Kier molecular flexibility index (Phi) is 8.28. The molecule has 0 bridgehead atoms. The average molecular weight is 461 g/mol. The van der Waals surface area contributed by atoms with E-state index in [1.54, 1.807) is 0 Å². The predicted molar refractivity (Wildman–Crippen MR) is 134 cm³/mol. The van der Waals surface area contributed by atoms with Gasteiger partial charge in [0.05, 0.1) is 24.4 Å². The van der Waals surface area contributed by atoms with Crippen molar-refractivity contribution in [2.75, 3.05) is 6.54 Å². The highest BCUT2D eigenvalue weighted by atomic mass is 16.2. The van der Waals surface area contributed by atoms with Crippen LogP contribution in [0.4, 0.5) is 0 Å². The third-order valence-electron chi connectivity index (χ3n) is 7.69. The van der Waals surface area contributed by atoms with Gasteiger partial charge in [-0.15, -0.1) is 0 Å². The number of hydrogen-bond acceptors (Lipinski definition) is 3. The van der Waals surface area contributed by atoms with Crippen LogP contribution in [0.2, 0.25) is 0 Å². The maximum absolute atomic E-state index is 13.7. The number of benzene rings is 2. The molecule has 0 aliphatic carbocycles. The van der Waals surface area contributed by atoms with Crippen molar-refractivity contribution >= 4 is 11.8 Å². The Bertz CT molecular complexity index is 1040. The fourth-order valence-corrected chi connectivity index (χ4v) is 5.72. The van der Waals surface area contributed by atoms with Gasteiger partial charge in [-0.05, 0) is 31.2 Å². The zero-order valence-corrected chi connectivity index (χ0v) is 20.8. The molecule has 3 atom stereocenters. The molecule has 0 aromatic heterocycles. The molecule has 1 heterocycles. The lowest BCUT2D eigenvalue weighted by Crippen LogP contribution is -2.59. The molecule has 1 aliphatic heterocycles. The molecule has 34 heavy (non-hydrogen) atoms. The average Bonchev–Trinajstić information content (AvgIpc) is 3.24. The fraction of sp³-hybridized carbons (Fsp3) is 0.483. The molecular weight excluding hydrogens is 422 g/mol. The van der Waals surface area contributed by atoms with E-state index in [0.717, 1.165) is 29.5 Å². The van der Waals surface area contributed by atoms with Gasteiger partial charge in [-0.1, -0.05) is 80.4 Å². The smallest absolute Gasteiger partial charge is 0.314 e. The van der Waals surface area contributed by atoms with Gasteiger partial charge in [-0.3, -0.25) is 4.79 Å². The molecule has 0 radical (unpaired) electrons. The highest BCUT2D eigenvalue weighted by Gasteiger charge is 2.50. The predicted octanol–water partition coefficient (Wildman–Crippen LogP) is 5.16. The number of hydrogen-bond donors (Lipinski definition) is 1. The number of primary amides is 1. The number of rotatable bonds is 10. The van der Waals surface area contributed by atoms with Crippen LogP contribution in [0.15, 0.2) is 54.6 Å². The third kappa shape index (κ3) is 5.23. The number of quaternary nitrogens is 1. The minimum atomic E-state index is -0.568. The largest absolute Gasteiger partial charge is 0.364 e. The maximum atomic E-state index is 13.7. The summed E-state index contributed by atoms with van der Waals surface area (Å²) in [5.41, 5.74) is 8.45. The lowest BCUT2D eigenvalue weighted by atomic mass is 9.69. The molecule has 5 heteroatoms. The van der Waals surface area contributed by atoms with E-state index in [4.69, 9.17) is 5.73 Å². The number of carbonyl (C=O) groups is 2. The van der Waals surface area contributed by atoms with Crippen LogP contribution in [-0.2, 0) is 21.5 Å². The van der Waals surface area contributed by atoms with Crippen molar-refractivity contribution in [3.8, 4) is 6.07 Å². The first-order chi connectivity index (χ1) is 16.2. The lowest BCUT2D eigenvalue weighted by molar-refractivity contribution is -0.871. The summed E-state index contributed by atoms with van der Waals surface area (Å²) < 4.78 is 0.130. The van der Waals surface area contributed by atoms with E-state index in [1.807, 2.05) is 55.5 Å². The number of unbranched alkanes of at least 4 members (excludes halogenated alkanes) is 1. The second kappa shape index (κ2) is 11.0. The summed E-state index contributed by atoms with van der Waals surface area (Å²) in [5, 5.41) is 10.1. The topological polar surface area (TPSA) is 83.9 Å². The number of nitrogens with zero attached hydrogens (tertiary/aromatic N) is 2. The summed E-state index contributed by atoms with van der Waals surface area (Å²) in [6.07, 6.45) is 4.05. The quantitative estimate of drug-likeness (QED) is 0.392. The van der Waals surface area contributed by atoms with Crippen LogP contribution in [0, 0.1) is 24.2 Å². The molecule has 2 aromatic rings. The normalized spacial score (nSPS) is 21.7. The van der Waals surface area contributed by atoms with Crippen molar-refractivity contribution in [2.24, 2.45) is 11.7 Å². The third-order valence-corrected chi connectivity index (χ3v) is 7.69. The van der Waals surface area contributed by atoms with Gasteiger partial charge >= 0.3 is 5.91 Å². The second-order valence-electron chi connectivity index (χ2n) is 10.2. The Labute approximate surface area is 204 Å². The number of likely N-dealkylation sites (tertiary alicyclic amines) is 1. The summed E-state index contributed by atoms with van der Waals surface area (Å²) in [4.78, 5) is 26.0. The van der Waals surface area contributed by atoms with Crippen LogP contribution in [0.25, 0.3) is 0 Å². The highest BCUT2D eigenvalue weighted by molar-refractivity contribution is 5.82. The summed E-state index contributed by atoms with van der Waals surface area (Å²) in [6, 6.07) is 20.2. The highest BCUT2D eigenvalue weighted by Crippen LogP contribution is 2.37. The summed E-state index contributed by atoms with van der Waals surface area (Å²) in [5.74, 6) is -0.131. The number of amides is 2. The molecule has 1 unspecified atom stereocenters. The first-order valence-electron chi connectivity index (χ1n) is 12.5. The minimum Gasteiger partial charge on any atom is -0.364 e. The van der Waals surface area contributed by atoms with Crippen molar-refractivity contribution in [2.45, 2.75) is 77.3 Å². The standard InChI is InChI=1S/C29H37N3O2/c1-22(2)29(21-30,25-13-5-4-6-14-25)17-8-7-16-27(33)32(18-10-15-26(32)28(31)34)20-24-12-9-11-23(3)19-24/h4-6,9,11-14,19,22,26H,7-8,10,15-18,20H2,1-3H3,(H-,31,34)/p+1/t26?,29-,32+/m0/s1. The first kappa shape index (κ1) is 25.6. The van der Waals surface area contributed by atoms with E-state index >= 15 is 0 Å². The number of carbonyl (C=O) groups excluding carboxylic acids is 2. The first-order valence-corrected chi connectivity index (χ1v) is 12.5. The molecule has 5 nitrogen and oxygen atoms in total. The van der Waals surface area contributed by atoms with Gasteiger partial charge in [0.15, 0.2) is 6.04 Å². The lowest BCUT2D eigenvalue weighted by Gasteiger charge is -2.36. The van der Waals surface area contributed by atoms with Gasteiger partial charge in [0.25, 0.3) is 5.91 Å². The zero-order chi connectivity index (χ0) is 24.8. The molecule has 1 fully saturated rings. The summed E-state index contributed by atoms with van der Waals surface area (Å²) in [7, 11) is 0. The Balaban J connectivity index is 1.74. The van der Waals surface area contributed by atoms with Crippen LogP contribution in [-0.4, -0.2) is 28.9 Å². The number of aryl methyl sites for hydroxylation is 1. The van der Waals surface area contributed by atoms with E-state index in [0.29, 0.717) is 38.8 Å². The Morgan fingerprint density at radius 1 is 1.15 bits per heavy atom. The number of nitriles is 1. The number of nitrogens with two attached hydrogens (primary N) is 1. The molecule has 180 valence electrons. The SMILES string of the molecule is Cc1cccc(C[N@+]2(C(=O)CCCC[C@@](C#N)(c3ccccc3)C(C)C)CCCC2C(N)=O)c1. The van der Waals surface area contributed by atoms with Gasteiger partial charge in [0.2, 0.25) is 0 Å². The van der Waals surface area contributed by atoms with E-state index < -0.39 is 11.5 Å². The fourth-order valence-electron chi connectivity index (χ4n) is 5.72. The van der Waals surface area contributed by atoms with Crippen LogP contribution in [0.3, 0.4) is 0 Å². The zero-order valence-electron chi connectivity index (χ0n) is 20.8. The molecule has 2 N–H and O–H groups in total. The molecule has 1 saturated heterocycles. The van der Waals surface area contributed by atoms with E-state index in [-0.39, 0.29) is 22.2 Å². The van der Waals surface area contributed by atoms with Crippen LogP contribution >= 0.6 is 0 Å².